The summed E-state index contributed by atoms with van der Waals surface area (Å²) in [5.74, 6) is -0.520. The van der Waals surface area contributed by atoms with Gasteiger partial charge in [-0.05, 0) is 33.2 Å². The summed E-state index contributed by atoms with van der Waals surface area (Å²) < 4.78 is 41.7. The van der Waals surface area contributed by atoms with E-state index in [1.807, 2.05) is 0 Å². The van der Waals surface area contributed by atoms with E-state index in [2.05, 4.69) is 0 Å². The SMILES string of the molecule is CCOC(=O)C1(N)CCC(N(C)CC(F)(F)F)C1. The summed E-state index contributed by atoms with van der Waals surface area (Å²) in [6.45, 7) is 0.904. The van der Waals surface area contributed by atoms with Crippen LogP contribution in [0.25, 0.3) is 0 Å². The van der Waals surface area contributed by atoms with Gasteiger partial charge in [0.2, 0.25) is 0 Å². The van der Waals surface area contributed by atoms with Crippen molar-refractivity contribution in [2.45, 2.75) is 43.9 Å². The van der Waals surface area contributed by atoms with Gasteiger partial charge in [0.25, 0.3) is 0 Å². The third-order valence-electron chi connectivity index (χ3n) is 3.26. The predicted molar refractivity (Wildman–Crippen MR) is 59.9 cm³/mol. The Balaban J connectivity index is 2.57. The molecule has 1 saturated carbocycles. The molecule has 1 rings (SSSR count). The number of hydrogen-bond acceptors (Lipinski definition) is 4. The van der Waals surface area contributed by atoms with Gasteiger partial charge in [-0.2, -0.15) is 13.2 Å². The number of carbonyl (C=O) groups excluding carboxylic acids is 1. The van der Waals surface area contributed by atoms with Crippen molar-refractivity contribution in [3.05, 3.63) is 0 Å². The van der Waals surface area contributed by atoms with Crippen molar-refractivity contribution in [1.82, 2.24) is 4.90 Å². The van der Waals surface area contributed by atoms with E-state index in [4.69, 9.17) is 10.5 Å². The van der Waals surface area contributed by atoms with Crippen LogP contribution in [0.1, 0.15) is 26.2 Å². The van der Waals surface area contributed by atoms with Crippen LogP contribution in [0.4, 0.5) is 13.2 Å². The lowest BCUT2D eigenvalue weighted by Gasteiger charge is -2.27. The van der Waals surface area contributed by atoms with Crippen LogP contribution in [0.3, 0.4) is 0 Å². The molecule has 7 heteroatoms. The summed E-state index contributed by atoms with van der Waals surface area (Å²) in [6, 6.07) is -0.332. The van der Waals surface area contributed by atoms with Crippen LogP contribution >= 0.6 is 0 Å². The predicted octanol–water partition coefficient (Wildman–Crippen LogP) is 1.29. The van der Waals surface area contributed by atoms with Crippen molar-refractivity contribution in [3.8, 4) is 0 Å². The Bertz CT molecular complexity index is 309. The molecule has 0 heterocycles. The molecule has 2 atom stereocenters. The third kappa shape index (κ3) is 3.84. The fraction of sp³-hybridized carbons (Fsp3) is 0.909. The van der Waals surface area contributed by atoms with Crippen molar-refractivity contribution >= 4 is 5.97 Å². The van der Waals surface area contributed by atoms with Crippen LogP contribution in [0, 0.1) is 0 Å². The average molecular weight is 268 g/mol. The molecule has 2 unspecified atom stereocenters. The van der Waals surface area contributed by atoms with E-state index in [0.717, 1.165) is 0 Å². The summed E-state index contributed by atoms with van der Waals surface area (Å²) in [5, 5.41) is 0. The summed E-state index contributed by atoms with van der Waals surface area (Å²) in [5.41, 5.74) is 4.76. The van der Waals surface area contributed by atoms with E-state index in [1.165, 1.54) is 11.9 Å². The number of halogens is 3. The van der Waals surface area contributed by atoms with Gasteiger partial charge in [0.1, 0.15) is 5.54 Å². The molecule has 0 aliphatic heterocycles. The molecule has 0 aromatic carbocycles. The van der Waals surface area contributed by atoms with Gasteiger partial charge in [-0.25, -0.2) is 0 Å². The molecule has 4 nitrogen and oxygen atoms in total. The maximum absolute atomic E-state index is 12.3. The average Bonchev–Trinajstić information content (AvgIpc) is 2.60. The summed E-state index contributed by atoms with van der Waals surface area (Å²) in [7, 11) is 1.40. The first-order valence-corrected chi connectivity index (χ1v) is 5.91. The summed E-state index contributed by atoms with van der Waals surface area (Å²) >= 11 is 0. The Morgan fingerprint density at radius 2 is 2.17 bits per heavy atom. The van der Waals surface area contributed by atoms with Crippen molar-refractivity contribution in [1.29, 1.82) is 0 Å². The van der Waals surface area contributed by atoms with E-state index in [1.54, 1.807) is 6.92 Å². The minimum absolute atomic E-state index is 0.207. The van der Waals surface area contributed by atoms with Crippen LogP contribution in [0.15, 0.2) is 0 Å². The van der Waals surface area contributed by atoms with Gasteiger partial charge in [0, 0.05) is 6.04 Å². The maximum atomic E-state index is 12.3. The van der Waals surface area contributed by atoms with Gasteiger partial charge in [-0.1, -0.05) is 0 Å². The van der Waals surface area contributed by atoms with E-state index in [0.29, 0.717) is 12.8 Å². The quantitative estimate of drug-likeness (QED) is 0.781. The van der Waals surface area contributed by atoms with E-state index >= 15 is 0 Å². The van der Waals surface area contributed by atoms with E-state index in [-0.39, 0.29) is 19.1 Å². The summed E-state index contributed by atoms with van der Waals surface area (Å²) in [6.07, 6.45) is -3.20. The van der Waals surface area contributed by atoms with Crippen molar-refractivity contribution < 1.29 is 22.7 Å². The van der Waals surface area contributed by atoms with Crippen LogP contribution in [-0.4, -0.2) is 48.8 Å². The zero-order valence-electron chi connectivity index (χ0n) is 10.6. The highest BCUT2D eigenvalue weighted by Crippen LogP contribution is 2.33. The molecule has 1 fully saturated rings. The maximum Gasteiger partial charge on any atom is 0.401 e. The van der Waals surface area contributed by atoms with Crippen molar-refractivity contribution in [2.24, 2.45) is 5.73 Å². The molecule has 0 aromatic heterocycles. The van der Waals surface area contributed by atoms with Crippen LogP contribution in [0.2, 0.25) is 0 Å². The van der Waals surface area contributed by atoms with Gasteiger partial charge >= 0.3 is 12.1 Å². The number of hydrogen-bond donors (Lipinski definition) is 1. The lowest BCUT2D eigenvalue weighted by Crippen LogP contribution is -2.48. The van der Waals surface area contributed by atoms with Crippen molar-refractivity contribution in [2.75, 3.05) is 20.2 Å². The van der Waals surface area contributed by atoms with Crippen LogP contribution in [0.5, 0.6) is 0 Å². The smallest absolute Gasteiger partial charge is 0.401 e. The standard InChI is InChI=1S/C11H19F3N2O2/c1-3-18-9(17)10(15)5-4-8(6-10)16(2)7-11(12,13)14/h8H,3-7,15H2,1-2H3. The molecule has 1 aliphatic carbocycles. The third-order valence-corrected chi connectivity index (χ3v) is 3.26. The van der Waals surface area contributed by atoms with Gasteiger partial charge in [-0.15, -0.1) is 0 Å². The molecule has 2 N–H and O–H groups in total. The molecule has 1 aliphatic rings. The van der Waals surface area contributed by atoms with Gasteiger partial charge < -0.3 is 10.5 Å². The largest absolute Gasteiger partial charge is 0.465 e. The number of esters is 1. The summed E-state index contributed by atoms with van der Waals surface area (Å²) in [4.78, 5) is 12.8. The van der Waals surface area contributed by atoms with Gasteiger partial charge in [-0.3, -0.25) is 9.69 Å². The lowest BCUT2D eigenvalue weighted by molar-refractivity contribution is -0.150. The second kappa shape index (κ2) is 5.44. The second-order valence-electron chi connectivity index (χ2n) is 4.80. The highest BCUT2D eigenvalue weighted by Gasteiger charge is 2.45. The molecule has 0 radical (unpaired) electrons. The zero-order valence-corrected chi connectivity index (χ0v) is 10.6. The highest BCUT2D eigenvalue weighted by atomic mass is 19.4. The Morgan fingerprint density at radius 1 is 1.56 bits per heavy atom. The molecule has 0 spiro atoms. The van der Waals surface area contributed by atoms with Crippen LogP contribution in [-0.2, 0) is 9.53 Å². The minimum Gasteiger partial charge on any atom is -0.465 e. The monoisotopic (exact) mass is 268 g/mol. The second-order valence-corrected chi connectivity index (χ2v) is 4.80. The number of nitrogens with zero attached hydrogens (tertiary/aromatic N) is 1. The Hall–Kier alpha value is -0.820. The molecular weight excluding hydrogens is 249 g/mol. The molecule has 0 bridgehead atoms. The highest BCUT2D eigenvalue weighted by molar-refractivity contribution is 5.81. The number of rotatable bonds is 4. The van der Waals surface area contributed by atoms with E-state index in [9.17, 15) is 18.0 Å². The first kappa shape index (κ1) is 15.2. The number of alkyl halides is 3. The Kier molecular flexibility index (Phi) is 4.61. The van der Waals surface area contributed by atoms with Gasteiger partial charge in [0.15, 0.2) is 0 Å². The molecule has 0 amide bonds. The Morgan fingerprint density at radius 3 is 2.67 bits per heavy atom. The fourth-order valence-electron chi connectivity index (χ4n) is 2.30. The number of nitrogens with two attached hydrogens (primary N) is 1. The molecule has 18 heavy (non-hydrogen) atoms. The molecule has 0 saturated heterocycles. The molecular formula is C11H19F3N2O2. The number of carbonyl (C=O) groups is 1. The molecule has 0 aromatic rings. The fourth-order valence-corrected chi connectivity index (χ4v) is 2.30. The van der Waals surface area contributed by atoms with E-state index < -0.39 is 24.2 Å². The Labute approximate surface area is 104 Å². The first-order chi connectivity index (χ1) is 8.18. The normalized spacial score (nSPS) is 28.7. The first-order valence-electron chi connectivity index (χ1n) is 5.91. The lowest BCUT2D eigenvalue weighted by atomic mass is 9.99. The van der Waals surface area contributed by atoms with Crippen molar-refractivity contribution in [3.63, 3.8) is 0 Å². The number of ether oxygens (including phenoxy) is 1. The minimum atomic E-state index is -4.24. The van der Waals surface area contributed by atoms with Gasteiger partial charge in [0.05, 0.1) is 13.2 Å². The topological polar surface area (TPSA) is 55.6 Å². The van der Waals surface area contributed by atoms with Crippen LogP contribution < -0.4 is 5.73 Å². The zero-order chi connectivity index (χ0) is 14.0. The molecule has 106 valence electrons.